The van der Waals surface area contributed by atoms with E-state index in [2.05, 4.69) is 15.5 Å². The van der Waals surface area contributed by atoms with E-state index >= 15 is 0 Å². The third kappa shape index (κ3) is 5.03. The van der Waals surface area contributed by atoms with E-state index in [-0.39, 0.29) is 11.9 Å². The SMILES string of the molecule is COc1cc(C(C)NC(=O)c2c(-c3ccccc3)noc2C)ccc1OCc1ccncc1. The Morgan fingerprint density at radius 3 is 2.55 bits per heavy atom. The van der Waals surface area contributed by atoms with Crippen LogP contribution in [0.3, 0.4) is 0 Å². The van der Waals surface area contributed by atoms with Gasteiger partial charge in [0.2, 0.25) is 0 Å². The van der Waals surface area contributed by atoms with Crippen LogP contribution in [0.2, 0.25) is 0 Å². The minimum absolute atomic E-state index is 0.253. The van der Waals surface area contributed by atoms with Crippen LogP contribution in [0, 0.1) is 6.92 Å². The number of ether oxygens (including phenoxy) is 2. The van der Waals surface area contributed by atoms with E-state index < -0.39 is 0 Å². The lowest BCUT2D eigenvalue weighted by molar-refractivity contribution is 0.0939. The number of hydrogen-bond donors (Lipinski definition) is 1. The summed E-state index contributed by atoms with van der Waals surface area (Å²) in [7, 11) is 1.59. The Morgan fingerprint density at radius 2 is 1.82 bits per heavy atom. The van der Waals surface area contributed by atoms with Crippen molar-refractivity contribution in [3.8, 4) is 22.8 Å². The highest BCUT2D eigenvalue weighted by molar-refractivity contribution is 6.01. The molecule has 0 saturated heterocycles. The van der Waals surface area contributed by atoms with Crippen molar-refractivity contribution in [3.63, 3.8) is 0 Å². The average molecular weight is 444 g/mol. The molecule has 7 heteroatoms. The van der Waals surface area contributed by atoms with Gasteiger partial charge in [0.1, 0.15) is 23.6 Å². The predicted octanol–water partition coefficient (Wildman–Crippen LogP) is 5.12. The maximum absolute atomic E-state index is 13.1. The van der Waals surface area contributed by atoms with Gasteiger partial charge in [0.25, 0.3) is 5.91 Å². The van der Waals surface area contributed by atoms with Gasteiger partial charge in [0, 0.05) is 18.0 Å². The van der Waals surface area contributed by atoms with E-state index in [1.807, 2.05) is 67.6 Å². The molecule has 33 heavy (non-hydrogen) atoms. The normalized spacial score (nSPS) is 11.6. The number of methoxy groups -OCH3 is 1. The topological polar surface area (TPSA) is 86.5 Å². The average Bonchev–Trinajstić information content (AvgIpc) is 3.25. The van der Waals surface area contributed by atoms with Crippen molar-refractivity contribution in [1.29, 1.82) is 0 Å². The summed E-state index contributed by atoms with van der Waals surface area (Å²) in [6.45, 7) is 4.05. The van der Waals surface area contributed by atoms with Crippen LogP contribution in [-0.2, 0) is 6.61 Å². The van der Waals surface area contributed by atoms with Gasteiger partial charge in [-0.2, -0.15) is 0 Å². The van der Waals surface area contributed by atoms with Crippen molar-refractivity contribution in [2.24, 2.45) is 0 Å². The van der Waals surface area contributed by atoms with Crippen molar-refractivity contribution in [1.82, 2.24) is 15.5 Å². The molecule has 1 atom stereocenters. The molecule has 2 aromatic carbocycles. The second-order valence-corrected chi connectivity index (χ2v) is 7.58. The number of carbonyl (C=O) groups excluding carboxylic acids is 1. The Balaban J connectivity index is 1.49. The van der Waals surface area contributed by atoms with Crippen molar-refractivity contribution < 1.29 is 18.8 Å². The fraction of sp³-hybridized carbons (Fsp3) is 0.192. The fourth-order valence-corrected chi connectivity index (χ4v) is 3.50. The molecule has 4 rings (SSSR count). The maximum atomic E-state index is 13.1. The quantitative estimate of drug-likeness (QED) is 0.407. The molecule has 0 radical (unpaired) electrons. The van der Waals surface area contributed by atoms with Crippen LogP contribution in [0.25, 0.3) is 11.3 Å². The number of aryl methyl sites for hydroxylation is 1. The van der Waals surface area contributed by atoms with Crippen molar-refractivity contribution in [3.05, 3.63) is 95.5 Å². The van der Waals surface area contributed by atoms with Gasteiger partial charge in [-0.1, -0.05) is 41.6 Å². The molecule has 0 saturated carbocycles. The summed E-state index contributed by atoms with van der Waals surface area (Å²) in [5, 5.41) is 7.13. The van der Waals surface area contributed by atoms with E-state index in [0.717, 1.165) is 16.7 Å². The van der Waals surface area contributed by atoms with E-state index in [1.165, 1.54) is 0 Å². The number of hydrogen-bond acceptors (Lipinski definition) is 6. The molecule has 0 fully saturated rings. The second kappa shape index (κ2) is 9.99. The summed E-state index contributed by atoms with van der Waals surface area (Å²) in [4.78, 5) is 17.1. The van der Waals surface area contributed by atoms with E-state index in [9.17, 15) is 4.79 Å². The Hall–Kier alpha value is -4.13. The van der Waals surface area contributed by atoms with Crippen molar-refractivity contribution >= 4 is 5.91 Å². The molecule has 1 N–H and O–H groups in total. The van der Waals surface area contributed by atoms with Crippen LogP contribution in [0.5, 0.6) is 11.5 Å². The molecule has 1 unspecified atom stereocenters. The van der Waals surface area contributed by atoms with Gasteiger partial charge in [0.05, 0.1) is 13.2 Å². The van der Waals surface area contributed by atoms with E-state index in [4.69, 9.17) is 14.0 Å². The van der Waals surface area contributed by atoms with Gasteiger partial charge in [-0.25, -0.2) is 0 Å². The first kappa shape index (κ1) is 22.1. The largest absolute Gasteiger partial charge is 0.493 e. The monoisotopic (exact) mass is 443 g/mol. The molecule has 1 amide bonds. The molecule has 0 aliphatic heterocycles. The molecule has 0 aliphatic carbocycles. The third-order valence-electron chi connectivity index (χ3n) is 5.32. The van der Waals surface area contributed by atoms with Gasteiger partial charge in [-0.05, 0) is 49.2 Å². The number of benzene rings is 2. The van der Waals surface area contributed by atoms with Gasteiger partial charge in [0.15, 0.2) is 11.5 Å². The summed E-state index contributed by atoms with van der Waals surface area (Å²) >= 11 is 0. The lowest BCUT2D eigenvalue weighted by atomic mass is 10.0. The van der Waals surface area contributed by atoms with Gasteiger partial charge in [-0.15, -0.1) is 0 Å². The molecular formula is C26H25N3O4. The maximum Gasteiger partial charge on any atom is 0.257 e. The number of rotatable bonds is 8. The number of aromatic nitrogens is 2. The van der Waals surface area contributed by atoms with Crippen LogP contribution < -0.4 is 14.8 Å². The van der Waals surface area contributed by atoms with Gasteiger partial charge in [-0.3, -0.25) is 9.78 Å². The number of nitrogens with one attached hydrogen (secondary N) is 1. The minimum atomic E-state index is -0.279. The summed E-state index contributed by atoms with van der Waals surface area (Å²) in [5.41, 5.74) is 3.67. The van der Waals surface area contributed by atoms with Crippen molar-refractivity contribution in [2.75, 3.05) is 7.11 Å². The van der Waals surface area contributed by atoms with Gasteiger partial charge >= 0.3 is 0 Å². The van der Waals surface area contributed by atoms with Crippen LogP contribution >= 0.6 is 0 Å². The number of amides is 1. The highest BCUT2D eigenvalue weighted by Gasteiger charge is 2.23. The Morgan fingerprint density at radius 1 is 1.06 bits per heavy atom. The molecule has 0 spiro atoms. The highest BCUT2D eigenvalue weighted by Crippen LogP contribution is 2.31. The second-order valence-electron chi connectivity index (χ2n) is 7.58. The van der Waals surface area contributed by atoms with Crippen LogP contribution in [-0.4, -0.2) is 23.2 Å². The zero-order chi connectivity index (χ0) is 23.2. The molecule has 2 aromatic heterocycles. The number of nitrogens with zero attached hydrogens (tertiary/aromatic N) is 2. The molecule has 7 nitrogen and oxygen atoms in total. The number of pyridine rings is 1. The molecule has 2 heterocycles. The minimum Gasteiger partial charge on any atom is -0.493 e. The Labute approximate surface area is 192 Å². The summed E-state index contributed by atoms with van der Waals surface area (Å²) < 4.78 is 16.8. The van der Waals surface area contributed by atoms with Crippen molar-refractivity contribution in [2.45, 2.75) is 26.5 Å². The van der Waals surface area contributed by atoms with Crippen LogP contribution in [0.4, 0.5) is 0 Å². The molecule has 0 bridgehead atoms. The first-order chi connectivity index (χ1) is 16.1. The first-order valence-corrected chi connectivity index (χ1v) is 10.6. The lowest BCUT2D eigenvalue weighted by Gasteiger charge is -2.17. The third-order valence-corrected chi connectivity index (χ3v) is 5.32. The summed E-state index contributed by atoms with van der Waals surface area (Å²) in [6, 6.07) is 18.6. The highest BCUT2D eigenvalue weighted by atomic mass is 16.5. The van der Waals surface area contributed by atoms with E-state index in [0.29, 0.717) is 35.1 Å². The standard InChI is InChI=1S/C26H25N3O4/c1-17(28-26(30)24-18(2)33-29-25(24)20-7-5-4-6-8-20)21-9-10-22(23(15-21)31-3)32-16-19-11-13-27-14-12-19/h4-15,17H,16H2,1-3H3,(H,28,30). The molecular weight excluding hydrogens is 418 g/mol. The molecule has 168 valence electrons. The zero-order valence-corrected chi connectivity index (χ0v) is 18.7. The Kier molecular flexibility index (Phi) is 6.69. The zero-order valence-electron chi connectivity index (χ0n) is 18.7. The Bertz CT molecular complexity index is 1220. The van der Waals surface area contributed by atoms with Crippen LogP contribution in [0.15, 0.2) is 77.6 Å². The molecule has 4 aromatic rings. The fourth-order valence-electron chi connectivity index (χ4n) is 3.50. The molecule has 0 aliphatic rings. The predicted molar refractivity (Wildman–Crippen MR) is 124 cm³/mol. The smallest absolute Gasteiger partial charge is 0.257 e. The summed E-state index contributed by atoms with van der Waals surface area (Å²) in [6.07, 6.45) is 3.45. The lowest BCUT2D eigenvalue weighted by Crippen LogP contribution is -2.27. The van der Waals surface area contributed by atoms with E-state index in [1.54, 1.807) is 26.4 Å². The van der Waals surface area contributed by atoms with Gasteiger partial charge < -0.3 is 19.3 Å². The van der Waals surface area contributed by atoms with Crippen LogP contribution in [0.1, 0.15) is 40.2 Å². The summed E-state index contributed by atoms with van der Waals surface area (Å²) in [5.74, 6) is 1.43. The number of carbonyl (C=O) groups is 1. The first-order valence-electron chi connectivity index (χ1n) is 10.6.